The number of carbonyl (C=O) groups is 1. The SMILES string of the molecule is Cc1cc(C)n(-c2ccc(SCC(=O)Nc3c(C#N)c(C)c(C)n3CC3CCCO3)nn2)n1. The van der Waals surface area contributed by atoms with E-state index in [2.05, 4.69) is 26.7 Å². The van der Waals surface area contributed by atoms with Crippen LogP contribution in [0.4, 0.5) is 5.82 Å². The highest BCUT2D eigenvalue weighted by Gasteiger charge is 2.24. The van der Waals surface area contributed by atoms with Crippen molar-refractivity contribution in [3.63, 3.8) is 0 Å². The van der Waals surface area contributed by atoms with Gasteiger partial charge in [-0.05, 0) is 64.3 Å². The van der Waals surface area contributed by atoms with Crippen LogP contribution in [0.15, 0.2) is 23.2 Å². The number of thioether (sulfide) groups is 1. The van der Waals surface area contributed by atoms with Crippen molar-refractivity contribution >= 4 is 23.5 Å². The van der Waals surface area contributed by atoms with E-state index in [0.717, 1.165) is 42.1 Å². The van der Waals surface area contributed by atoms with E-state index in [1.807, 2.05) is 50.5 Å². The zero-order valence-corrected chi connectivity index (χ0v) is 20.1. The van der Waals surface area contributed by atoms with Crippen molar-refractivity contribution < 1.29 is 9.53 Å². The van der Waals surface area contributed by atoms with E-state index in [1.165, 1.54) is 11.8 Å². The van der Waals surface area contributed by atoms with Gasteiger partial charge in [0.2, 0.25) is 5.91 Å². The number of nitrogens with zero attached hydrogens (tertiary/aromatic N) is 6. The number of aryl methyl sites for hydroxylation is 2. The zero-order chi connectivity index (χ0) is 23.5. The Morgan fingerprint density at radius 2 is 2.12 bits per heavy atom. The molecule has 4 heterocycles. The predicted molar refractivity (Wildman–Crippen MR) is 126 cm³/mol. The number of hydrogen-bond acceptors (Lipinski definition) is 7. The van der Waals surface area contributed by atoms with Crippen LogP contribution < -0.4 is 5.32 Å². The molecule has 1 aliphatic heterocycles. The molecule has 3 aromatic rings. The second-order valence-electron chi connectivity index (χ2n) is 8.20. The molecule has 0 spiro atoms. The smallest absolute Gasteiger partial charge is 0.235 e. The van der Waals surface area contributed by atoms with E-state index in [0.29, 0.717) is 28.8 Å². The van der Waals surface area contributed by atoms with E-state index in [4.69, 9.17) is 4.74 Å². The lowest BCUT2D eigenvalue weighted by Gasteiger charge is -2.16. The Morgan fingerprint density at radius 3 is 2.73 bits per heavy atom. The normalized spacial score (nSPS) is 15.5. The molecule has 0 aliphatic carbocycles. The highest BCUT2D eigenvalue weighted by molar-refractivity contribution is 7.99. The minimum Gasteiger partial charge on any atom is -0.376 e. The monoisotopic (exact) mass is 465 g/mol. The topological polar surface area (TPSA) is 111 Å². The number of aromatic nitrogens is 5. The average molecular weight is 466 g/mol. The largest absolute Gasteiger partial charge is 0.376 e. The van der Waals surface area contributed by atoms with Gasteiger partial charge in [-0.15, -0.1) is 10.2 Å². The number of nitriles is 1. The Balaban J connectivity index is 1.43. The molecule has 3 aromatic heterocycles. The molecule has 1 fully saturated rings. The number of hydrogen-bond donors (Lipinski definition) is 1. The van der Waals surface area contributed by atoms with Crippen molar-refractivity contribution in [1.29, 1.82) is 5.26 Å². The van der Waals surface area contributed by atoms with Crippen LogP contribution in [0.25, 0.3) is 5.82 Å². The second kappa shape index (κ2) is 9.77. The first kappa shape index (κ1) is 23.0. The van der Waals surface area contributed by atoms with Crippen LogP contribution in [0, 0.1) is 39.0 Å². The molecule has 0 radical (unpaired) electrons. The minimum absolute atomic E-state index is 0.100. The molecule has 172 valence electrons. The maximum atomic E-state index is 12.8. The summed E-state index contributed by atoms with van der Waals surface area (Å²) in [4.78, 5) is 12.8. The molecule has 9 nitrogen and oxygen atoms in total. The maximum absolute atomic E-state index is 12.8. The number of amides is 1. The predicted octanol–water partition coefficient (Wildman–Crippen LogP) is 3.48. The maximum Gasteiger partial charge on any atom is 0.235 e. The summed E-state index contributed by atoms with van der Waals surface area (Å²) in [6.07, 6.45) is 2.11. The quantitative estimate of drug-likeness (QED) is 0.532. The van der Waals surface area contributed by atoms with E-state index in [-0.39, 0.29) is 17.8 Å². The summed E-state index contributed by atoms with van der Waals surface area (Å²) in [6.45, 7) is 9.14. The van der Waals surface area contributed by atoms with Gasteiger partial charge in [-0.25, -0.2) is 4.68 Å². The number of rotatable bonds is 7. The van der Waals surface area contributed by atoms with Crippen LogP contribution in [0.3, 0.4) is 0 Å². The summed E-state index contributed by atoms with van der Waals surface area (Å²) < 4.78 is 9.50. The van der Waals surface area contributed by atoms with Gasteiger partial charge in [0, 0.05) is 18.0 Å². The van der Waals surface area contributed by atoms with E-state index in [9.17, 15) is 10.1 Å². The third-order valence-electron chi connectivity index (χ3n) is 5.81. The summed E-state index contributed by atoms with van der Waals surface area (Å²) in [5.41, 5.74) is 4.24. The van der Waals surface area contributed by atoms with Crippen LogP contribution in [-0.2, 0) is 16.1 Å². The summed E-state index contributed by atoms with van der Waals surface area (Å²) >= 11 is 1.29. The van der Waals surface area contributed by atoms with Crippen molar-refractivity contribution in [2.24, 2.45) is 0 Å². The van der Waals surface area contributed by atoms with Gasteiger partial charge in [-0.1, -0.05) is 11.8 Å². The van der Waals surface area contributed by atoms with Crippen molar-refractivity contribution in [3.8, 4) is 11.9 Å². The highest BCUT2D eigenvalue weighted by Crippen LogP contribution is 2.29. The van der Waals surface area contributed by atoms with E-state index < -0.39 is 0 Å². The molecule has 0 bridgehead atoms. The Kier molecular flexibility index (Phi) is 6.81. The van der Waals surface area contributed by atoms with Gasteiger partial charge >= 0.3 is 0 Å². The molecule has 10 heteroatoms. The molecule has 1 aliphatic rings. The van der Waals surface area contributed by atoms with E-state index >= 15 is 0 Å². The molecule has 1 amide bonds. The fourth-order valence-corrected chi connectivity index (χ4v) is 4.64. The van der Waals surface area contributed by atoms with Crippen molar-refractivity contribution in [3.05, 3.63) is 46.4 Å². The molecule has 1 N–H and O–H groups in total. The number of carbonyl (C=O) groups excluding carboxylic acids is 1. The van der Waals surface area contributed by atoms with Crippen LogP contribution in [0.5, 0.6) is 0 Å². The first-order chi connectivity index (χ1) is 15.9. The first-order valence-corrected chi connectivity index (χ1v) is 11.9. The Labute approximate surface area is 197 Å². The molecule has 1 unspecified atom stereocenters. The van der Waals surface area contributed by atoms with Crippen molar-refractivity contribution in [2.45, 2.75) is 58.2 Å². The van der Waals surface area contributed by atoms with Crippen LogP contribution >= 0.6 is 11.8 Å². The zero-order valence-electron chi connectivity index (χ0n) is 19.3. The highest BCUT2D eigenvalue weighted by atomic mass is 32.2. The minimum atomic E-state index is -0.202. The number of ether oxygens (including phenoxy) is 1. The summed E-state index contributed by atoms with van der Waals surface area (Å²) in [7, 11) is 0. The molecule has 33 heavy (non-hydrogen) atoms. The number of nitrogens with one attached hydrogen (secondary N) is 1. The molecule has 1 saturated heterocycles. The molecular formula is C23H27N7O2S. The van der Waals surface area contributed by atoms with Gasteiger partial charge in [0.15, 0.2) is 5.82 Å². The van der Waals surface area contributed by atoms with Crippen molar-refractivity contribution in [1.82, 2.24) is 24.5 Å². The lowest BCUT2D eigenvalue weighted by molar-refractivity contribution is -0.113. The third-order valence-corrected chi connectivity index (χ3v) is 6.73. The van der Waals surface area contributed by atoms with Crippen molar-refractivity contribution in [2.75, 3.05) is 17.7 Å². The lowest BCUT2D eigenvalue weighted by atomic mass is 10.2. The fraction of sp³-hybridized carbons (Fsp3) is 0.435. The van der Waals surface area contributed by atoms with Gasteiger partial charge < -0.3 is 14.6 Å². The fourth-order valence-electron chi connectivity index (χ4n) is 4.02. The van der Waals surface area contributed by atoms with Crippen LogP contribution in [0.1, 0.15) is 41.1 Å². The molecule has 0 aromatic carbocycles. The molecule has 4 rings (SSSR count). The second-order valence-corrected chi connectivity index (χ2v) is 9.19. The first-order valence-electron chi connectivity index (χ1n) is 10.9. The van der Waals surface area contributed by atoms with E-state index in [1.54, 1.807) is 4.68 Å². The summed E-state index contributed by atoms with van der Waals surface area (Å²) in [5.74, 6) is 1.12. The van der Waals surface area contributed by atoms with Crippen LogP contribution in [-0.4, -0.2) is 48.9 Å². The van der Waals surface area contributed by atoms with Gasteiger partial charge in [0.25, 0.3) is 0 Å². The summed E-state index contributed by atoms with van der Waals surface area (Å²) in [5, 5.41) is 26.1. The lowest BCUT2D eigenvalue weighted by Crippen LogP contribution is -2.22. The summed E-state index contributed by atoms with van der Waals surface area (Å²) in [6, 6.07) is 7.88. The third kappa shape index (κ3) is 4.94. The number of anilines is 1. The Morgan fingerprint density at radius 1 is 1.30 bits per heavy atom. The molecule has 1 atom stereocenters. The molecule has 0 saturated carbocycles. The standard InChI is InChI=1S/C23H27N7O2S/c1-14-10-15(2)30(28-14)20-7-8-22(27-26-20)33-13-21(31)25-23-19(11-24)16(3)17(4)29(23)12-18-6-5-9-32-18/h7-8,10,18H,5-6,9,12-13H2,1-4H3,(H,25,31). The van der Waals surface area contributed by atoms with Gasteiger partial charge in [0.05, 0.1) is 29.7 Å². The Hall–Kier alpha value is -3.16. The van der Waals surface area contributed by atoms with Crippen LogP contribution in [0.2, 0.25) is 0 Å². The Bertz CT molecular complexity index is 1200. The average Bonchev–Trinajstić information content (AvgIpc) is 3.49. The van der Waals surface area contributed by atoms with Gasteiger partial charge in [-0.3, -0.25) is 4.79 Å². The van der Waals surface area contributed by atoms with Gasteiger partial charge in [0.1, 0.15) is 16.9 Å². The molecular weight excluding hydrogens is 438 g/mol. The van der Waals surface area contributed by atoms with Gasteiger partial charge in [-0.2, -0.15) is 10.4 Å².